The zero-order valence-corrected chi connectivity index (χ0v) is 33.3. The van der Waals surface area contributed by atoms with Gasteiger partial charge in [0.05, 0.1) is 11.0 Å². The van der Waals surface area contributed by atoms with Gasteiger partial charge in [-0.3, -0.25) is 0 Å². The van der Waals surface area contributed by atoms with Crippen LogP contribution in [0.1, 0.15) is 25.0 Å². The molecule has 0 saturated carbocycles. The molecule has 1 aliphatic carbocycles. The molecule has 0 amide bonds. The van der Waals surface area contributed by atoms with Gasteiger partial charge in [0.15, 0.2) is 17.5 Å². The highest BCUT2D eigenvalue weighted by Crippen LogP contribution is 2.51. The first-order chi connectivity index (χ1) is 29.0. The van der Waals surface area contributed by atoms with Gasteiger partial charge in [-0.05, 0) is 70.3 Å². The number of hydrogen-bond donors (Lipinski definition) is 0. The van der Waals surface area contributed by atoms with E-state index in [4.69, 9.17) is 15.0 Å². The van der Waals surface area contributed by atoms with Crippen LogP contribution < -0.4 is 0 Å². The summed E-state index contributed by atoms with van der Waals surface area (Å²) in [5, 5.41) is 5.04. The lowest BCUT2D eigenvalue weighted by atomic mass is 9.82. The number of fused-ring (bicyclic) bond motifs is 9. The van der Waals surface area contributed by atoms with E-state index < -0.39 is 0 Å². The summed E-state index contributed by atoms with van der Waals surface area (Å²) in [5.41, 5.74) is 14.0. The molecule has 8 aromatic carbocycles. The van der Waals surface area contributed by atoms with Crippen LogP contribution in [0, 0.1) is 0 Å². The molecule has 0 saturated heterocycles. The second-order valence-electron chi connectivity index (χ2n) is 16.0. The van der Waals surface area contributed by atoms with Crippen molar-refractivity contribution in [2.24, 2.45) is 0 Å². The maximum absolute atomic E-state index is 5.09. The fourth-order valence-corrected chi connectivity index (χ4v) is 10.6. The molecule has 0 atom stereocenters. The summed E-state index contributed by atoms with van der Waals surface area (Å²) < 4.78 is 5.03. The summed E-state index contributed by atoms with van der Waals surface area (Å²) in [7, 11) is 0. The highest BCUT2D eigenvalue weighted by Gasteiger charge is 2.36. The molecule has 3 heterocycles. The van der Waals surface area contributed by atoms with Crippen LogP contribution >= 0.6 is 11.3 Å². The van der Waals surface area contributed by atoms with Crippen LogP contribution in [0.15, 0.2) is 182 Å². The Morgan fingerprint density at radius 3 is 1.78 bits per heavy atom. The highest BCUT2D eigenvalue weighted by atomic mass is 32.1. The molecule has 0 aliphatic heterocycles. The molecule has 0 unspecified atom stereocenters. The molecule has 0 bridgehead atoms. The minimum absolute atomic E-state index is 0.115. The second kappa shape index (κ2) is 12.9. The van der Waals surface area contributed by atoms with E-state index in [9.17, 15) is 0 Å². The monoisotopic (exact) mass is 772 g/mol. The van der Waals surface area contributed by atoms with Crippen LogP contribution in [0.2, 0.25) is 0 Å². The smallest absolute Gasteiger partial charge is 0.164 e. The molecule has 0 spiro atoms. The van der Waals surface area contributed by atoms with Crippen molar-refractivity contribution in [2.75, 3.05) is 0 Å². The molecule has 4 nitrogen and oxygen atoms in total. The predicted octanol–water partition coefficient (Wildman–Crippen LogP) is 14.3. The van der Waals surface area contributed by atoms with E-state index in [1.807, 2.05) is 47.7 Å². The molecule has 59 heavy (non-hydrogen) atoms. The standard InChI is InChI=1S/C54H36N4S/c1-54(2)45-25-12-9-22-38(45)42-31-43-39-23-10-13-26-47(39)58(48(43)32-46(42)54)37-29-41(50-44(30-37)40-24-11-14-27-49(40)59-50)35-20-15-21-36(28-35)53-56-51(33-16-5-3-6-17-33)55-52(57-53)34-18-7-4-8-19-34/h3-32H,1-2H3. The third kappa shape index (κ3) is 5.25. The van der Waals surface area contributed by atoms with Crippen LogP contribution in [-0.2, 0) is 5.41 Å². The maximum atomic E-state index is 5.09. The Labute approximate surface area is 345 Å². The van der Waals surface area contributed by atoms with E-state index in [0.29, 0.717) is 17.5 Å². The quantitative estimate of drug-likeness (QED) is 0.175. The van der Waals surface area contributed by atoms with Gasteiger partial charge in [0.2, 0.25) is 0 Å². The summed E-state index contributed by atoms with van der Waals surface area (Å²) in [6.45, 7) is 4.73. The molecule has 3 aromatic heterocycles. The van der Waals surface area contributed by atoms with Crippen molar-refractivity contribution in [3.8, 4) is 62.1 Å². The molecule has 0 N–H and O–H groups in total. The Morgan fingerprint density at radius 2 is 1.02 bits per heavy atom. The normalized spacial score (nSPS) is 13.1. The van der Waals surface area contributed by atoms with E-state index in [1.54, 1.807) is 0 Å². The predicted molar refractivity (Wildman–Crippen MR) is 246 cm³/mol. The SMILES string of the molecule is CC1(C)c2ccccc2-c2cc3c4ccccc4n(-c4cc(-c5cccc(-c6nc(-c7ccccc7)nc(-c7ccccc7)n6)c5)c5sc6ccccc6c5c4)c3cc21. The van der Waals surface area contributed by atoms with Crippen LogP contribution in [0.3, 0.4) is 0 Å². The van der Waals surface area contributed by atoms with Crippen molar-refractivity contribution in [1.82, 2.24) is 19.5 Å². The average molecular weight is 773 g/mol. The van der Waals surface area contributed by atoms with Crippen molar-refractivity contribution in [3.63, 3.8) is 0 Å². The fraction of sp³-hybridized carbons (Fsp3) is 0.0556. The van der Waals surface area contributed by atoms with Gasteiger partial charge >= 0.3 is 0 Å². The Balaban J connectivity index is 1.10. The van der Waals surface area contributed by atoms with Crippen LogP contribution in [0.5, 0.6) is 0 Å². The van der Waals surface area contributed by atoms with Gasteiger partial charge in [-0.25, -0.2) is 15.0 Å². The van der Waals surface area contributed by atoms with Gasteiger partial charge in [-0.2, -0.15) is 0 Å². The number of hydrogen-bond acceptors (Lipinski definition) is 4. The zero-order valence-electron chi connectivity index (χ0n) is 32.5. The lowest BCUT2D eigenvalue weighted by molar-refractivity contribution is 0.661. The number of benzene rings is 8. The molecule has 0 fully saturated rings. The van der Waals surface area contributed by atoms with Crippen molar-refractivity contribution in [2.45, 2.75) is 19.3 Å². The molecule has 11 aromatic rings. The van der Waals surface area contributed by atoms with Gasteiger partial charge in [-0.1, -0.05) is 153 Å². The van der Waals surface area contributed by atoms with Gasteiger partial charge in [0.25, 0.3) is 0 Å². The van der Waals surface area contributed by atoms with E-state index >= 15 is 0 Å². The first-order valence-corrected chi connectivity index (χ1v) is 20.9. The number of aromatic nitrogens is 4. The summed E-state index contributed by atoms with van der Waals surface area (Å²) in [6.07, 6.45) is 0. The third-order valence-electron chi connectivity index (χ3n) is 12.2. The number of nitrogens with zero attached hydrogens (tertiary/aromatic N) is 4. The van der Waals surface area contributed by atoms with Crippen LogP contribution in [-0.4, -0.2) is 19.5 Å². The van der Waals surface area contributed by atoms with Crippen LogP contribution in [0.25, 0.3) is 104 Å². The van der Waals surface area contributed by atoms with Crippen molar-refractivity contribution < 1.29 is 0 Å². The van der Waals surface area contributed by atoms with Crippen molar-refractivity contribution in [1.29, 1.82) is 0 Å². The Hall–Kier alpha value is -7.21. The third-order valence-corrected chi connectivity index (χ3v) is 13.4. The minimum atomic E-state index is -0.115. The topological polar surface area (TPSA) is 43.6 Å². The largest absolute Gasteiger partial charge is 0.309 e. The molecule has 278 valence electrons. The second-order valence-corrected chi connectivity index (χ2v) is 17.1. The molecular weight excluding hydrogens is 737 g/mol. The van der Waals surface area contributed by atoms with Crippen molar-refractivity contribution in [3.05, 3.63) is 193 Å². The summed E-state index contributed by atoms with van der Waals surface area (Å²) in [5.74, 6) is 1.94. The Morgan fingerprint density at radius 1 is 0.407 bits per heavy atom. The van der Waals surface area contributed by atoms with E-state index in [0.717, 1.165) is 27.9 Å². The number of rotatable bonds is 5. The maximum Gasteiger partial charge on any atom is 0.164 e. The van der Waals surface area contributed by atoms with E-state index in [2.05, 4.69) is 164 Å². The summed E-state index contributed by atoms with van der Waals surface area (Å²) in [6, 6.07) is 65.4. The number of thiophene rings is 1. The molecule has 5 heteroatoms. The zero-order chi connectivity index (χ0) is 39.2. The summed E-state index contributed by atoms with van der Waals surface area (Å²) >= 11 is 1.86. The molecule has 1 aliphatic rings. The highest BCUT2D eigenvalue weighted by molar-refractivity contribution is 7.26. The average Bonchev–Trinajstić information content (AvgIpc) is 3.91. The van der Waals surface area contributed by atoms with E-state index in [-0.39, 0.29) is 5.41 Å². The lowest BCUT2D eigenvalue weighted by Crippen LogP contribution is -2.14. The van der Waals surface area contributed by atoms with E-state index in [1.165, 1.54) is 69.8 Å². The Kier molecular flexibility index (Phi) is 7.41. The van der Waals surface area contributed by atoms with Crippen molar-refractivity contribution >= 4 is 53.3 Å². The van der Waals surface area contributed by atoms with Gasteiger partial charge in [0.1, 0.15) is 0 Å². The van der Waals surface area contributed by atoms with Gasteiger partial charge in [-0.15, -0.1) is 11.3 Å². The molecule has 12 rings (SSSR count). The van der Waals surface area contributed by atoms with Gasteiger partial charge in [0, 0.05) is 64.3 Å². The Bertz CT molecular complexity index is 3410. The minimum Gasteiger partial charge on any atom is -0.309 e. The lowest BCUT2D eigenvalue weighted by Gasteiger charge is -2.21. The number of para-hydroxylation sites is 1. The molecule has 0 radical (unpaired) electrons. The van der Waals surface area contributed by atoms with Crippen LogP contribution in [0.4, 0.5) is 0 Å². The molecular formula is C54H36N4S. The fourth-order valence-electron chi connectivity index (χ4n) is 9.36. The first-order valence-electron chi connectivity index (χ1n) is 20.1. The first kappa shape index (κ1) is 33.9. The summed E-state index contributed by atoms with van der Waals surface area (Å²) in [4.78, 5) is 15.1. The van der Waals surface area contributed by atoms with Gasteiger partial charge < -0.3 is 4.57 Å².